The fourth-order valence-electron chi connectivity index (χ4n) is 2.62. The Kier molecular flexibility index (Phi) is 5.35. The molecule has 0 bridgehead atoms. The van der Waals surface area contributed by atoms with Gasteiger partial charge in [0.1, 0.15) is 18.2 Å². The lowest BCUT2D eigenvalue weighted by atomic mass is 10.0. The first-order valence-electron chi connectivity index (χ1n) is 7.37. The van der Waals surface area contributed by atoms with Gasteiger partial charge >= 0.3 is 5.97 Å². The second kappa shape index (κ2) is 7.24. The van der Waals surface area contributed by atoms with Gasteiger partial charge in [0.05, 0.1) is 12.0 Å². The molecule has 3 atom stereocenters. The van der Waals surface area contributed by atoms with Crippen LogP contribution >= 0.6 is 0 Å². The lowest BCUT2D eigenvalue weighted by molar-refractivity contribution is -0.141. The number of benzene rings is 1. The zero-order valence-corrected chi connectivity index (χ0v) is 12.4. The van der Waals surface area contributed by atoms with Gasteiger partial charge in [0, 0.05) is 12.0 Å². The van der Waals surface area contributed by atoms with Crippen LogP contribution in [0.3, 0.4) is 0 Å². The molecule has 1 unspecified atom stereocenters. The van der Waals surface area contributed by atoms with E-state index in [1.165, 1.54) is 12.1 Å². The molecule has 1 aromatic rings. The summed E-state index contributed by atoms with van der Waals surface area (Å²) in [6.45, 7) is 2.02. The first-order chi connectivity index (χ1) is 10.5. The zero-order valence-electron chi connectivity index (χ0n) is 12.4. The normalized spacial score (nSPS) is 22.1. The molecule has 5 nitrogen and oxygen atoms in total. The summed E-state index contributed by atoms with van der Waals surface area (Å²) in [6.07, 6.45) is 1.53. The van der Waals surface area contributed by atoms with Crippen molar-refractivity contribution in [3.05, 3.63) is 30.1 Å². The molecule has 1 aliphatic rings. The minimum atomic E-state index is -0.835. The smallest absolute Gasteiger partial charge is 0.306 e. The SMILES string of the molecule is CC(COc1cccc(F)c1)NC(=O)[C@@H]1CC[C@H](C(=O)O)C1. The Morgan fingerprint density at radius 1 is 1.41 bits per heavy atom. The van der Waals surface area contributed by atoms with Crippen molar-refractivity contribution in [1.82, 2.24) is 5.32 Å². The highest BCUT2D eigenvalue weighted by Crippen LogP contribution is 2.31. The number of carbonyl (C=O) groups is 2. The minimum absolute atomic E-state index is 0.140. The van der Waals surface area contributed by atoms with Gasteiger partial charge in [-0.3, -0.25) is 9.59 Å². The molecule has 0 radical (unpaired) electrons. The van der Waals surface area contributed by atoms with Crippen LogP contribution in [0.5, 0.6) is 5.75 Å². The van der Waals surface area contributed by atoms with Gasteiger partial charge in [0.2, 0.25) is 5.91 Å². The van der Waals surface area contributed by atoms with Gasteiger partial charge in [-0.15, -0.1) is 0 Å². The molecule has 1 saturated carbocycles. The summed E-state index contributed by atoms with van der Waals surface area (Å²) in [4.78, 5) is 23.0. The first kappa shape index (κ1) is 16.3. The third-order valence-corrected chi connectivity index (χ3v) is 3.84. The Morgan fingerprint density at radius 2 is 2.14 bits per heavy atom. The summed E-state index contributed by atoms with van der Waals surface area (Å²) < 4.78 is 18.4. The van der Waals surface area contributed by atoms with Gasteiger partial charge < -0.3 is 15.2 Å². The predicted molar refractivity (Wildman–Crippen MR) is 78.0 cm³/mol. The predicted octanol–water partition coefficient (Wildman–Crippen LogP) is 2.21. The van der Waals surface area contributed by atoms with Crippen molar-refractivity contribution < 1.29 is 23.8 Å². The van der Waals surface area contributed by atoms with E-state index in [9.17, 15) is 14.0 Å². The molecular weight excluding hydrogens is 289 g/mol. The molecule has 1 amide bonds. The van der Waals surface area contributed by atoms with Crippen molar-refractivity contribution in [3.8, 4) is 5.75 Å². The molecule has 6 heteroatoms. The Labute approximate surface area is 128 Å². The third kappa shape index (κ3) is 4.44. The molecule has 120 valence electrons. The van der Waals surface area contributed by atoms with Crippen LogP contribution < -0.4 is 10.1 Å². The Morgan fingerprint density at radius 3 is 2.77 bits per heavy atom. The van der Waals surface area contributed by atoms with Crippen LogP contribution in [-0.4, -0.2) is 29.6 Å². The van der Waals surface area contributed by atoms with Crippen LogP contribution in [0.15, 0.2) is 24.3 Å². The molecule has 0 spiro atoms. The summed E-state index contributed by atoms with van der Waals surface area (Å²) in [5.74, 6) is -1.61. The third-order valence-electron chi connectivity index (χ3n) is 3.84. The summed E-state index contributed by atoms with van der Waals surface area (Å²) in [7, 11) is 0. The number of carboxylic acid groups (broad SMARTS) is 1. The van der Waals surface area contributed by atoms with Crippen LogP contribution in [0, 0.1) is 17.7 Å². The van der Waals surface area contributed by atoms with E-state index in [1.54, 1.807) is 19.1 Å². The number of hydrogen-bond donors (Lipinski definition) is 2. The summed E-state index contributed by atoms with van der Waals surface area (Å²) in [6, 6.07) is 5.57. The monoisotopic (exact) mass is 309 g/mol. The van der Waals surface area contributed by atoms with Crippen molar-refractivity contribution >= 4 is 11.9 Å². The minimum Gasteiger partial charge on any atom is -0.491 e. The van der Waals surface area contributed by atoms with Crippen molar-refractivity contribution in [2.24, 2.45) is 11.8 Å². The lowest BCUT2D eigenvalue weighted by Crippen LogP contribution is -2.40. The van der Waals surface area contributed by atoms with Gasteiger partial charge in [-0.1, -0.05) is 6.07 Å². The lowest BCUT2D eigenvalue weighted by Gasteiger charge is -2.17. The molecule has 0 aliphatic heterocycles. The van der Waals surface area contributed by atoms with Crippen molar-refractivity contribution in [3.63, 3.8) is 0 Å². The standard InChI is InChI=1S/C16H20FNO4/c1-10(9-22-14-4-2-3-13(17)8-14)18-15(19)11-5-6-12(7-11)16(20)21/h2-4,8,10-12H,5-7,9H2,1H3,(H,18,19)(H,20,21)/t10?,11-,12+/m1/s1. The molecule has 1 fully saturated rings. The fraction of sp³-hybridized carbons (Fsp3) is 0.500. The van der Waals surface area contributed by atoms with Crippen LogP contribution in [0.1, 0.15) is 26.2 Å². The fourth-order valence-corrected chi connectivity index (χ4v) is 2.62. The highest BCUT2D eigenvalue weighted by molar-refractivity contribution is 5.81. The van der Waals surface area contributed by atoms with Crippen LogP contribution in [0.25, 0.3) is 0 Å². The number of aliphatic carboxylic acids is 1. The maximum Gasteiger partial charge on any atom is 0.306 e. The molecule has 2 N–H and O–H groups in total. The van der Waals surface area contributed by atoms with Crippen molar-refractivity contribution in [2.45, 2.75) is 32.2 Å². The average Bonchev–Trinajstić information content (AvgIpc) is 2.95. The van der Waals surface area contributed by atoms with E-state index in [4.69, 9.17) is 9.84 Å². The Bertz CT molecular complexity index is 549. The summed E-state index contributed by atoms with van der Waals surface area (Å²) >= 11 is 0. The molecule has 1 aromatic carbocycles. The average molecular weight is 309 g/mol. The maximum absolute atomic E-state index is 13.0. The van der Waals surface area contributed by atoms with Gasteiger partial charge in [-0.25, -0.2) is 4.39 Å². The molecular formula is C16H20FNO4. The first-order valence-corrected chi connectivity index (χ1v) is 7.37. The van der Waals surface area contributed by atoms with E-state index in [-0.39, 0.29) is 30.3 Å². The topological polar surface area (TPSA) is 75.6 Å². The quantitative estimate of drug-likeness (QED) is 0.845. The number of halogens is 1. The van der Waals surface area contributed by atoms with Gasteiger partial charge in [0.15, 0.2) is 0 Å². The van der Waals surface area contributed by atoms with E-state index in [0.717, 1.165) is 0 Å². The largest absolute Gasteiger partial charge is 0.491 e. The number of carbonyl (C=O) groups excluding carboxylic acids is 1. The van der Waals surface area contributed by atoms with Crippen LogP contribution in [-0.2, 0) is 9.59 Å². The second-order valence-corrected chi connectivity index (χ2v) is 5.72. The highest BCUT2D eigenvalue weighted by atomic mass is 19.1. The molecule has 0 heterocycles. The van der Waals surface area contributed by atoms with E-state index in [0.29, 0.717) is 25.0 Å². The van der Waals surface area contributed by atoms with Gasteiger partial charge in [0.25, 0.3) is 0 Å². The molecule has 0 saturated heterocycles. The summed E-state index contributed by atoms with van der Waals surface area (Å²) in [5.41, 5.74) is 0. The van der Waals surface area contributed by atoms with E-state index < -0.39 is 11.9 Å². The Hall–Kier alpha value is -2.11. The molecule has 1 aliphatic carbocycles. The number of amides is 1. The molecule has 2 rings (SSSR count). The number of carboxylic acids is 1. The van der Waals surface area contributed by atoms with Crippen molar-refractivity contribution in [1.29, 1.82) is 0 Å². The second-order valence-electron chi connectivity index (χ2n) is 5.72. The summed E-state index contributed by atoms with van der Waals surface area (Å²) in [5, 5.41) is 11.8. The zero-order chi connectivity index (χ0) is 16.1. The number of nitrogens with one attached hydrogen (secondary N) is 1. The number of rotatable bonds is 6. The number of hydrogen-bond acceptors (Lipinski definition) is 3. The van der Waals surface area contributed by atoms with Gasteiger partial charge in [-0.2, -0.15) is 0 Å². The number of ether oxygens (including phenoxy) is 1. The maximum atomic E-state index is 13.0. The van der Waals surface area contributed by atoms with E-state index in [1.807, 2.05) is 0 Å². The van der Waals surface area contributed by atoms with Crippen molar-refractivity contribution in [2.75, 3.05) is 6.61 Å². The molecule has 22 heavy (non-hydrogen) atoms. The Balaban J connectivity index is 1.76. The van der Waals surface area contributed by atoms with Crippen LogP contribution in [0.2, 0.25) is 0 Å². The highest BCUT2D eigenvalue weighted by Gasteiger charge is 2.34. The molecule has 0 aromatic heterocycles. The van der Waals surface area contributed by atoms with E-state index >= 15 is 0 Å². The van der Waals surface area contributed by atoms with E-state index in [2.05, 4.69) is 5.32 Å². The van der Waals surface area contributed by atoms with Gasteiger partial charge in [-0.05, 0) is 38.3 Å². The van der Waals surface area contributed by atoms with Crippen LogP contribution in [0.4, 0.5) is 4.39 Å².